The summed E-state index contributed by atoms with van der Waals surface area (Å²) in [6, 6.07) is 19.6. The number of fused-ring (bicyclic) bond motifs is 2. The number of primary amides is 1. The Morgan fingerprint density at radius 3 is 2.38 bits per heavy atom. The normalized spacial score (nSPS) is 23.4. The quantitative estimate of drug-likeness (QED) is 0.0896. The van der Waals surface area contributed by atoms with Crippen molar-refractivity contribution in [3.05, 3.63) is 112 Å². The summed E-state index contributed by atoms with van der Waals surface area (Å²) in [5, 5.41) is 16.0. The second-order valence-corrected chi connectivity index (χ2v) is 20.1. The molecule has 2 atom stereocenters. The van der Waals surface area contributed by atoms with Gasteiger partial charge in [0.1, 0.15) is 30.0 Å². The minimum absolute atomic E-state index is 0.0515. The number of hydrogen-bond donors (Lipinski definition) is 4. The Hall–Kier alpha value is -6.07. The lowest BCUT2D eigenvalue weighted by Crippen LogP contribution is -2.51. The lowest BCUT2D eigenvalue weighted by Gasteiger charge is -2.43. The van der Waals surface area contributed by atoms with Gasteiger partial charge in [-0.25, -0.2) is 13.6 Å². The molecule has 4 aromatic carbocycles. The van der Waals surface area contributed by atoms with E-state index in [2.05, 4.69) is 32.6 Å². The Labute approximate surface area is 415 Å². The third-order valence-corrected chi connectivity index (χ3v) is 16.2. The van der Waals surface area contributed by atoms with Gasteiger partial charge in [-0.05, 0) is 106 Å². The van der Waals surface area contributed by atoms with Crippen LogP contribution in [0.15, 0.2) is 77.4 Å². The second kappa shape index (κ2) is 20.2. The Morgan fingerprint density at radius 2 is 1.68 bits per heavy atom. The van der Waals surface area contributed by atoms with Crippen molar-refractivity contribution >= 4 is 52.0 Å². The molecule has 0 spiro atoms. The fourth-order valence-corrected chi connectivity index (χ4v) is 12.2. The number of piperidine rings is 2. The summed E-state index contributed by atoms with van der Waals surface area (Å²) < 4.78 is 50.5. The van der Waals surface area contributed by atoms with E-state index in [4.69, 9.17) is 31.2 Å². The number of urea groups is 1. The number of benzene rings is 4. The predicted molar refractivity (Wildman–Crippen MR) is 264 cm³/mol. The van der Waals surface area contributed by atoms with Gasteiger partial charge in [0.25, 0.3) is 0 Å². The number of nitrogens with zero attached hydrogens (tertiary/aromatic N) is 3. The Bertz CT molecular complexity index is 2840. The molecule has 5 heterocycles. The van der Waals surface area contributed by atoms with Gasteiger partial charge in [0.2, 0.25) is 17.7 Å². The minimum Gasteiger partial charge on any atom is -0.488 e. The average molecular weight is 994 g/mol. The smallest absolute Gasteiger partial charge is 0.328 e. The van der Waals surface area contributed by atoms with Gasteiger partial charge >= 0.3 is 6.03 Å². The van der Waals surface area contributed by atoms with Gasteiger partial charge < -0.3 is 39.8 Å². The van der Waals surface area contributed by atoms with E-state index in [1.165, 1.54) is 23.8 Å². The fourth-order valence-electron chi connectivity index (χ4n) is 11.9. The van der Waals surface area contributed by atoms with Crippen LogP contribution in [0, 0.1) is 17.6 Å². The molecule has 10 rings (SSSR count). The van der Waals surface area contributed by atoms with Crippen molar-refractivity contribution in [1.29, 1.82) is 0 Å². The highest BCUT2D eigenvalue weighted by atomic mass is 35.5. The molecule has 14 nitrogen and oxygen atoms in total. The molecule has 2 unspecified atom stereocenters. The number of rotatable bonds is 13. The van der Waals surface area contributed by atoms with E-state index in [1.807, 2.05) is 43.3 Å². The summed E-state index contributed by atoms with van der Waals surface area (Å²) in [4.78, 5) is 57.1. The maximum atomic E-state index is 16.5. The molecule has 374 valence electrons. The molecule has 3 saturated heterocycles. The number of anilines is 1. The average Bonchev–Trinajstić information content (AvgIpc) is 3.93. The van der Waals surface area contributed by atoms with Crippen molar-refractivity contribution in [2.45, 2.75) is 94.2 Å². The molecular weight excluding hydrogens is 934 g/mol. The van der Waals surface area contributed by atoms with E-state index in [9.17, 15) is 24.3 Å². The Kier molecular flexibility index (Phi) is 13.8. The summed E-state index contributed by atoms with van der Waals surface area (Å²) in [6.45, 7) is 5.40. The van der Waals surface area contributed by atoms with Crippen molar-refractivity contribution in [2.75, 3.05) is 57.4 Å². The van der Waals surface area contributed by atoms with E-state index in [1.54, 1.807) is 11.2 Å². The monoisotopic (exact) mass is 992 g/mol. The number of carbonyl (C=O) groups excluding carboxylic acids is 4. The molecule has 0 radical (unpaired) electrons. The van der Waals surface area contributed by atoms with Crippen LogP contribution >= 0.6 is 11.6 Å². The Morgan fingerprint density at radius 1 is 0.930 bits per heavy atom. The van der Waals surface area contributed by atoms with Crippen LogP contribution in [0.1, 0.15) is 104 Å². The van der Waals surface area contributed by atoms with Gasteiger partial charge in [0, 0.05) is 84.7 Å². The first-order valence-corrected chi connectivity index (χ1v) is 25.2. The summed E-state index contributed by atoms with van der Waals surface area (Å²) >= 11 is 6.72. The molecule has 5 amide bonds. The van der Waals surface area contributed by atoms with Gasteiger partial charge in [-0.15, -0.1) is 0 Å². The third-order valence-electron chi connectivity index (χ3n) is 15.8. The van der Waals surface area contributed by atoms with Gasteiger partial charge in [0.15, 0.2) is 17.2 Å². The van der Waals surface area contributed by atoms with Crippen LogP contribution in [0.2, 0.25) is 5.02 Å². The lowest BCUT2D eigenvalue weighted by molar-refractivity contribution is -0.138. The van der Waals surface area contributed by atoms with Crippen molar-refractivity contribution in [3.8, 4) is 22.6 Å². The summed E-state index contributed by atoms with van der Waals surface area (Å²) in [5.74, 6) is -3.12. The summed E-state index contributed by atoms with van der Waals surface area (Å²) in [7, 11) is 0. The lowest BCUT2D eigenvalue weighted by atomic mass is 9.77. The van der Waals surface area contributed by atoms with Gasteiger partial charge in [0.05, 0.1) is 22.9 Å². The molecule has 17 heteroatoms. The second-order valence-electron chi connectivity index (χ2n) is 19.7. The fraction of sp³-hybridized carbons (Fsp3) is 0.444. The molecule has 1 saturated carbocycles. The van der Waals surface area contributed by atoms with Gasteiger partial charge in [-0.1, -0.05) is 54.9 Å². The topological polar surface area (TPSA) is 180 Å². The molecular formula is C54H59ClF2N6O8. The molecule has 4 fully saturated rings. The van der Waals surface area contributed by atoms with E-state index in [0.717, 1.165) is 94.1 Å². The summed E-state index contributed by atoms with van der Waals surface area (Å²) in [6.07, 6.45) is 8.84. The first-order chi connectivity index (χ1) is 34.3. The zero-order chi connectivity index (χ0) is 49.6. The molecule has 71 heavy (non-hydrogen) atoms. The van der Waals surface area contributed by atoms with E-state index in [-0.39, 0.29) is 71.6 Å². The van der Waals surface area contributed by atoms with Crippen LogP contribution in [0.4, 0.5) is 19.3 Å². The minimum atomic E-state index is -1.10. The number of nitrogens with two attached hydrogens (primary N) is 1. The number of imide groups is 1. The van der Waals surface area contributed by atoms with Crippen molar-refractivity contribution in [1.82, 2.24) is 20.4 Å². The zero-order valence-corrected chi connectivity index (χ0v) is 40.4. The van der Waals surface area contributed by atoms with Crippen LogP contribution in [-0.2, 0) is 15.2 Å². The molecule has 4 aliphatic heterocycles. The number of aliphatic hydroxyl groups is 1. The predicted octanol–water partition coefficient (Wildman–Crippen LogP) is 8.36. The SMILES string of the molecule is CC1c2c(cc(F)c(Cl)c2-c2c(C(N)=O)ccc(OCCO)c2F)OC1(CNC1CCC(C(=O)N2CCC(N3CCC(c4ccc5c(N6CCC(=O)NC6=O)coc5c4)CC3)CC2)CC1)c1ccccc1. The highest BCUT2D eigenvalue weighted by Gasteiger charge is 2.50. The van der Waals surface area contributed by atoms with Crippen LogP contribution in [0.3, 0.4) is 0 Å². The van der Waals surface area contributed by atoms with Crippen molar-refractivity contribution < 1.29 is 47.0 Å². The standard InChI is InChI=1S/C54H59ClF2N6O8/c1-31-46-44(28-40(56)49(55)48(46)47-39(51(58)66)13-14-42(50(47)57)69-26-25-64)71-54(31,35-5-3-2-4-6-35)30-59-36-10-7-33(8-11-36)52(67)62-22-17-37(18-23-62)61-20-15-32(16-21-61)34-9-12-38-41(29-70-43(38)27-34)63-24-19-45(65)60-53(63)68/h2-6,9,12-14,27-29,31-33,36-37,59,64H,7-8,10-11,15-26,30H2,1H3,(H2,58,66)(H,60,65,68). The van der Waals surface area contributed by atoms with Crippen LogP contribution in [-0.4, -0.2) is 103 Å². The number of nitrogens with one attached hydrogen (secondary N) is 2. The maximum absolute atomic E-state index is 16.5. The van der Waals surface area contributed by atoms with Gasteiger partial charge in [-0.3, -0.25) is 24.6 Å². The highest BCUT2D eigenvalue weighted by molar-refractivity contribution is 6.34. The van der Waals surface area contributed by atoms with Crippen LogP contribution < -0.4 is 30.7 Å². The number of halogens is 3. The van der Waals surface area contributed by atoms with Gasteiger partial charge in [-0.2, -0.15) is 0 Å². The summed E-state index contributed by atoms with van der Waals surface area (Å²) in [5.41, 5.74) is 7.94. The van der Waals surface area contributed by atoms with Crippen LogP contribution in [0.25, 0.3) is 22.1 Å². The van der Waals surface area contributed by atoms with Crippen molar-refractivity contribution in [3.63, 3.8) is 0 Å². The number of ether oxygens (including phenoxy) is 2. The van der Waals surface area contributed by atoms with Crippen LogP contribution in [0.5, 0.6) is 11.5 Å². The third kappa shape index (κ3) is 9.24. The molecule has 0 bridgehead atoms. The highest BCUT2D eigenvalue weighted by Crippen LogP contribution is 2.56. The maximum Gasteiger partial charge on any atom is 0.328 e. The van der Waals surface area contributed by atoms with E-state index in [0.29, 0.717) is 36.3 Å². The molecule has 1 aliphatic carbocycles. The molecule has 5 N–H and O–H groups in total. The Balaban J connectivity index is 0.747. The molecule has 5 aromatic rings. The molecule has 5 aliphatic rings. The zero-order valence-electron chi connectivity index (χ0n) is 39.7. The van der Waals surface area contributed by atoms with E-state index >= 15 is 8.78 Å². The molecule has 1 aromatic heterocycles. The largest absolute Gasteiger partial charge is 0.488 e. The first kappa shape index (κ1) is 48.6. The number of aliphatic hydroxyl groups excluding tert-OH is 1. The number of carbonyl (C=O) groups is 4. The first-order valence-electron chi connectivity index (χ1n) is 24.9. The number of hydrogen-bond acceptors (Lipinski definition) is 10. The number of amides is 5. The van der Waals surface area contributed by atoms with Crippen molar-refractivity contribution in [2.24, 2.45) is 11.7 Å². The number of likely N-dealkylation sites (tertiary alicyclic amines) is 2. The van der Waals surface area contributed by atoms with E-state index < -0.39 is 40.1 Å². The number of furan rings is 1.